The van der Waals surface area contributed by atoms with E-state index in [-0.39, 0.29) is 12.0 Å². The van der Waals surface area contributed by atoms with Crippen LogP contribution in [-0.2, 0) is 16.6 Å². The number of nitrogens with zero attached hydrogens (tertiary/aromatic N) is 6. The van der Waals surface area contributed by atoms with Crippen LogP contribution < -0.4 is 10.2 Å². The molecule has 2 amide bonds. The SMILES string of the molecule is C=CCCN(/C(=N/C)c1cc(Cl)c(-c2cnn(C)c2)nc1N(C=O)c1ccccc1C(C)C)C(C)CNC=O. The molecule has 0 aliphatic carbocycles. The molecule has 3 aromatic rings. The van der Waals surface area contributed by atoms with Gasteiger partial charge in [-0.2, -0.15) is 5.10 Å². The van der Waals surface area contributed by atoms with Gasteiger partial charge in [0.05, 0.1) is 28.2 Å². The number of rotatable bonds is 13. The van der Waals surface area contributed by atoms with Gasteiger partial charge in [-0.05, 0) is 37.0 Å². The molecule has 2 aromatic heterocycles. The summed E-state index contributed by atoms with van der Waals surface area (Å²) in [4.78, 5) is 37.1. The first-order valence-electron chi connectivity index (χ1n) is 12.8. The van der Waals surface area contributed by atoms with Crippen LogP contribution in [0.5, 0.6) is 0 Å². The molecule has 0 bridgehead atoms. The van der Waals surface area contributed by atoms with E-state index in [0.717, 1.165) is 23.2 Å². The van der Waals surface area contributed by atoms with Crippen LogP contribution in [0.15, 0.2) is 60.4 Å². The quantitative estimate of drug-likeness (QED) is 0.141. The molecule has 3 rings (SSSR count). The first-order valence-corrected chi connectivity index (χ1v) is 13.2. The Morgan fingerprint density at radius 3 is 2.59 bits per heavy atom. The van der Waals surface area contributed by atoms with E-state index in [4.69, 9.17) is 16.6 Å². The predicted molar refractivity (Wildman–Crippen MR) is 158 cm³/mol. The average molecular weight is 550 g/mol. The summed E-state index contributed by atoms with van der Waals surface area (Å²) in [6, 6.07) is 9.44. The van der Waals surface area contributed by atoms with Crippen molar-refractivity contribution in [2.75, 3.05) is 25.0 Å². The van der Waals surface area contributed by atoms with Crippen LogP contribution in [0.3, 0.4) is 0 Å². The Morgan fingerprint density at radius 1 is 1.26 bits per heavy atom. The molecule has 0 aliphatic heterocycles. The monoisotopic (exact) mass is 549 g/mol. The van der Waals surface area contributed by atoms with Crippen molar-refractivity contribution in [2.45, 2.75) is 39.2 Å². The van der Waals surface area contributed by atoms with Crippen molar-refractivity contribution >= 4 is 41.8 Å². The second-order valence-electron chi connectivity index (χ2n) is 9.47. The largest absolute Gasteiger partial charge is 0.357 e. The van der Waals surface area contributed by atoms with E-state index < -0.39 is 0 Å². The maximum absolute atomic E-state index is 12.8. The maximum atomic E-state index is 12.8. The Labute approximate surface area is 235 Å². The summed E-state index contributed by atoms with van der Waals surface area (Å²) in [5.74, 6) is 1.14. The summed E-state index contributed by atoms with van der Waals surface area (Å²) < 4.78 is 1.67. The number of hydrogen-bond donors (Lipinski definition) is 1. The minimum atomic E-state index is -0.119. The van der Waals surface area contributed by atoms with Crippen molar-refractivity contribution in [3.63, 3.8) is 0 Å². The molecular formula is C29H36ClN7O2. The van der Waals surface area contributed by atoms with Crippen LogP contribution in [0.1, 0.15) is 44.2 Å². The summed E-state index contributed by atoms with van der Waals surface area (Å²) >= 11 is 6.84. The lowest BCUT2D eigenvalue weighted by Gasteiger charge is -2.34. The highest BCUT2D eigenvalue weighted by molar-refractivity contribution is 6.33. The van der Waals surface area contributed by atoms with Gasteiger partial charge in [0.25, 0.3) is 0 Å². The lowest BCUT2D eigenvalue weighted by molar-refractivity contribution is -0.109. The van der Waals surface area contributed by atoms with Gasteiger partial charge in [-0.3, -0.25) is 24.2 Å². The standard InChI is InChI=1S/C29H36ClN7O2/c1-7-8-13-36(21(4)15-32-18-38)28(31-5)24-14-25(30)27(22-16-33-35(6)17-22)34-29(24)37(19-39)26-12-10-9-11-23(26)20(2)3/h7,9-12,14,16-21H,1,8,13,15H2,2-6H3,(H,32,38)/b31-28+. The van der Waals surface area contributed by atoms with E-state index >= 15 is 0 Å². The van der Waals surface area contributed by atoms with Crippen molar-refractivity contribution in [2.24, 2.45) is 12.0 Å². The predicted octanol–water partition coefficient (Wildman–Crippen LogP) is 4.94. The smallest absolute Gasteiger partial charge is 0.219 e. The Morgan fingerprint density at radius 2 is 2.00 bits per heavy atom. The van der Waals surface area contributed by atoms with Crippen LogP contribution in [0.2, 0.25) is 5.02 Å². The number of para-hydroxylation sites is 1. The molecule has 1 aromatic carbocycles. The zero-order valence-electron chi connectivity index (χ0n) is 23.1. The molecule has 0 saturated carbocycles. The molecule has 1 atom stereocenters. The minimum absolute atomic E-state index is 0.119. The second kappa shape index (κ2) is 13.7. The molecule has 0 fully saturated rings. The minimum Gasteiger partial charge on any atom is -0.357 e. The maximum Gasteiger partial charge on any atom is 0.219 e. The first kappa shape index (κ1) is 29.6. The molecule has 1 unspecified atom stereocenters. The molecule has 9 nitrogen and oxygen atoms in total. The molecule has 0 radical (unpaired) electrons. The third-order valence-electron chi connectivity index (χ3n) is 6.41. The summed E-state index contributed by atoms with van der Waals surface area (Å²) in [5, 5.41) is 7.42. The number of aliphatic imine (C=N–C) groups is 1. The number of benzene rings is 1. The summed E-state index contributed by atoms with van der Waals surface area (Å²) in [5.41, 5.74) is 3.53. The fourth-order valence-electron chi connectivity index (χ4n) is 4.49. The van der Waals surface area contributed by atoms with Crippen molar-refractivity contribution in [1.82, 2.24) is 25.0 Å². The number of halogens is 1. The van der Waals surface area contributed by atoms with Gasteiger partial charge in [0.1, 0.15) is 5.84 Å². The number of hydrogen-bond acceptors (Lipinski definition) is 5. The zero-order chi connectivity index (χ0) is 28.5. The number of anilines is 2. The summed E-state index contributed by atoms with van der Waals surface area (Å²) in [7, 11) is 3.51. The number of nitrogens with one attached hydrogen (secondary N) is 1. The van der Waals surface area contributed by atoms with Gasteiger partial charge in [0.15, 0.2) is 5.82 Å². The van der Waals surface area contributed by atoms with E-state index in [9.17, 15) is 9.59 Å². The lowest BCUT2D eigenvalue weighted by Crippen LogP contribution is -2.45. The van der Waals surface area contributed by atoms with Gasteiger partial charge >= 0.3 is 0 Å². The van der Waals surface area contributed by atoms with Gasteiger partial charge in [-0.15, -0.1) is 6.58 Å². The molecule has 2 heterocycles. The normalized spacial score (nSPS) is 12.2. The highest BCUT2D eigenvalue weighted by Gasteiger charge is 2.28. The molecule has 1 N–H and O–H groups in total. The van der Waals surface area contributed by atoms with Gasteiger partial charge in [0.2, 0.25) is 12.8 Å². The number of carbonyl (C=O) groups excluding carboxylic acids is 2. The number of amidine groups is 1. The summed E-state index contributed by atoms with van der Waals surface area (Å²) in [6.45, 7) is 11.0. The fraction of sp³-hybridized carbons (Fsp3) is 0.345. The van der Waals surface area contributed by atoms with Crippen LogP contribution in [-0.4, -0.2) is 64.5 Å². The molecule has 0 saturated heterocycles. The van der Waals surface area contributed by atoms with E-state index in [1.165, 1.54) is 0 Å². The van der Waals surface area contributed by atoms with E-state index in [2.05, 4.69) is 40.7 Å². The number of pyridine rings is 1. The Balaban J connectivity index is 2.31. The summed E-state index contributed by atoms with van der Waals surface area (Å²) in [6.07, 6.45) is 7.46. The molecule has 206 valence electrons. The topological polar surface area (TPSA) is 95.7 Å². The number of carbonyl (C=O) groups is 2. The van der Waals surface area contributed by atoms with Gasteiger partial charge in [-0.25, -0.2) is 4.98 Å². The highest BCUT2D eigenvalue weighted by atomic mass is 35.5. The number of aryl methyl sites for hydroxylation is 1. The van der Waals surface area contributed by atoms with Gasteiger partial charge in [-0.1, -0.05) is 49.7 Å². The van der Waals surface area contributed by atoms with Crippen LogP contribution in [0.25, 0.3) is 11.3 Å². The average Bonchev–Trinajstić information content (AvgIpc) is 3.36. The third-order valence-corrected chi connectivity index (χ3v) is 6.70. The molecule has 0 spiro atoms. The van der Waals surface area contributed by atoms with Crippen molar-refractivity contribution in [3.05, 3.63) is 71.5 Å². The van der Waals surface area contributed by atoms with Gasteiger partial charge in [0, 0.05) is 45.0 Å². The molecule has 0 aliphatic rings. The Kier molecular flexibility index (Phi) is 10.4. The van der Waals surface area contributed by atoms with Crippen molar-refractivity contribution in [1.29, 1.82) is 0 Å². The van der Waals surface area contributed by atoms with Crippen LogP contribution in [0, 0.1) is 0 Å². The van der Waals surface area contributed by atoms with E-state index in [0.29, 0.717) is 53.9 Å². The molecular weight excluding hydrogens is 514 g/mol. The van der Waals surface area contributed by atoms with Crippen LogP contribution in [0.4, 0.5) is 11.5 Å². The zero-order valence-corrected chi connectivity index (χ0v) is 23.9. The Bertz CT molecular complexity index is 1330. The fourth-order valence-corrected chi connectivity index (χ4v) is 4.75. The van der Waals surface area contributed by atoms with Gasteiger partial charge < -0.3 is 10.2 Å². The Hall–Kier alpha value is -3.98. The highest BCUT2D eigenvalue weighted by Crippen LogP contribution is 2.37. The third kappa shape index (κ3) is 6.72. The second-order valence-corrected chi connectivity index (χ2v) is 9.88. The van der Waals surface area contributed by atoms with E-state index in [1.54, 1.807) is 28.9 Å². The number of aromatic nitrogens is 3. The molecule has 10 heteroatoms. The van der Waals surface area contributed by atoms with Crippen molar-refractivity contribution in [3.8, 4) is 11.3 Å². The van der Waals surface area contributed by atoms with Crippen LogP contribution >= 0.6 is 11.6 Å². The molecule has 39 heavy (non-hydrogen) atoms. The number of amides is 2. The lowest BCUT2D eigenvalue weighted by atomic mass is 10.00. The first-order chi connectivity index (χ1) is 18.8. The van der Waals surface area contributed by atoms with E-state index in [1.807, 2.05) is 50.5 Å². The van der Waals surface area contributed by atoms with Crippen molar-refractivity contribution < 1.29 is 9.59 Å².